The molecule has 0 aliphatic heterocycles. The van der Waals surface area contributed by atoms with Gasteiger partial charge in [-0.25, -0.2) is 19.6 Å². The predicted molar refractivity (Wildman–Crippen MR) is 163 cm³/mol. The van der Waals surface area contributed by atoms with Gasteiger partial charge in [0.25, 0.3) is 0 Å². The zero-order valence-corrected chi connectivity index (χ0v) is 26.7. The first-order valence-corrected chi connectivity index (χ1v) is 15.0. The molecule has 2 atom stereocenters. The summed E-state index contributed by atoms with van der Waals surface area (Å²) in [5.41, 5.74) is 2.23. The van der Waals surface area contributed by atoms with Crippen molar-refractivity contribution >= 4 is 23.2 Å². The lowest BCUT2D eigenvalue weighted by Gasteiger charge is -2.31. The zero-order chi connectivity index (χ0) is 30.4. The third kappa shape index (κ3) is 9.75. The number of aromatic nitrogens is 3. The molecule has 2 aromatic rings. The molecule has 0 spiro atoms. The first-order chi connectivity index (χ1) is 19.2. The van der Waals surface area contributed by atoms with E-state index in [-0.39, 0.29) is 12.2 Å². The van der Waals surface area contributed by atoms with Crippen molar-refractivity contribution in [1.29, 1.82) is 0 Å². The summed E-state index contributed by atoms with van der Waals surface area (Å²) in [5, 5.41) is 1.09. The molecule has 1 fully saturated rings. The Kier molecular flexibility index (Phi) is 10.8. The number of hydrogen-bond acceptors (Lipinski definition) is 6. The van der Waals surface area contributed by atoms with Crippen molar-refractivity contribution in [2.24, 2.45) is 5.92 Å². The topological polar surface area (TPSA) is 89.8 Å². The molecule has 0 unspecified atom stereocenters. The highest BCUT2D eigenvalue weighted by molar-refractivity contribution is 5.79. The fourth-order valence-corrected chi connectivity index (χ4v) is 5.32. The number of ether oxygens (including phenoxy) is 2. The zero-order valence-electron chi connectivity index (χ0n) is 26.7. The van der Waals surface area contributed by atoms with E-state index < -0.39 is 11.2 Å². The lowest BCUT2D eigenvalue weighted by molar-refractivity contribution is 0.0186. The van der Waals surface area contributed by atoms with Crippen LogP contribution >= 0.6 is 0 Å². The van der Waals surface area contributed by atoms with E-state index in [1.54, 1.807) is 11.2 Å². The van der Waals surface area contributed by atoms with Crippen LogP contribution in [0.25, 0.3) is 11.0 Å². The van der Waals surface area contributed by atoms with E-state index in [2.05, 4.69) is 40.7 Å². The summed E-state index contributed by atoms with van der Waals surface area (Å²) < 4.78 is 13.8. The molecular formula is C32H51N5O4. The van der Waals surface area contributed by atoms with Gasteiger partial charge in [0.05, 0.1) is 0 Å². The fraction of sp³-hybridized carbons (Fsp3) is 0.688. The number of allylic oxidation sites excluding steroid dienone is 1. The summed E-state index contributed by atoms with van der Waals surface area (Å²) in [6.07, 6.45) is 11.6. The maximum absolute atomic E-state index is 13.3. The molecule has 9 heteroatoms. The van der Waals surface area contributed by atoms with E-state index in [1.165, 1.54) is 11.1 Å². The van der Waals surface area contributed by atoms with Gasteiger partial charge in [-0.05, 0) is 106 Å². The van der Waals surface area contributed by atoms with Gasteiger partial charge >= 0.3 is 12.2 Å². The number of nitrogens with zero attached hydrogens (tertiary/aromatic N) is 5. The first-order valence-electron chi connectivity index (χ1n) is 15.0. The summed E-state index contributed by atoms with van der Waals surface area (Å²) in [5.74, 6) is 0.353. The van der Waals surface area contributed by atoms with Crippen LogP contribution < -0.4 is 0 Å². The van der Waals surface area contributed by atoms with Crippen LogP contribution in [0.4, 0.5) is 9.59 Å². The quantitative estimate of drug-likeness (QED) is 0.279. The number of aryl methyl sites for hydroxylation is 1. The molecule has 1 aliphatic carbocycles. The number of carbonyl (C=O) groups is 2. The van der Waals surface area contributed by atoms with Crippen molar-refractivity contribution < 1.29 is 19.1 Å². The van der Waals surface area contributed by atoms with Crippen LogP contribution in [0.1, 0.15) is 99.1 Å². The predicted octanol–water partition coefficient (Wildman–Crippen LogP) is 7.30. The minimum Gasteiger partial charge on any atom is -0.444 e. The molecule has 3 rings (SSSR count). The molecule has 0 N–H and O–H groups in total. The summed E-state index contributed by atoms with van der Waals surface area (Å²) >= 11 is 0. The Labute approximate surface area is 246 Å². The number of rotatable bonds is 10. The average molecular weight is 570 g/mol. The Hall–Kier alpha value is -3.10. The maximum atomic E-state index is 13.3. The van der Waals surface area contributed by atoms with Gasteiger partial charge in [-0.15, -0.1) is 0 Å². The molecule has 2 aromatic heterocycles. The molecule has 9 nitrogen and oxygen atoms in total. The third-order valence-electron chi connectivity index (χ3n) is 7.51. The first kappa shape index (κ1) is 32.4. The second kappa shape index (κ2) is 13.7. The summed E-state index contributed by atoms with van der Waals surface area (Å²) in [7, 11) is 0. The molecular weight excluding hydrogens is 518 g/mol. The molecule has 2 amide bonds. The second-order valence-electron chi connectivity index (χ2n) is 13.4. The molecule has 0 bridgehead atoms. The smallest absolute Gasteiger partial charge is 0.410 e. The van der Waals surface area contributed by atoms with Crippen molar-refractivity contribution in [2.45, 2.75) is 112 Å². The van der Waals surface area contributed by atoms with Crippen LogP contribution in [0.15, 0.2) is 30.4 Å². The van der Waals surface area contributed by atoms with Crippen molar-refractivity contribution in [2.75, 3.05) is 26.2 Å². The highest BCUT2D eigenvalue weighted by atomic mass is 16.6. The Morgan fingerprint density at radius 1 is 1.02 bits per heavy atom. The second-order valence-corrected chi connectivity index (χ2v) is 13.4. The minimum atomic E-state index is -0.582. The summed E-state index contributed by atoms with van der Waals surface area (Å²) in [4.78, 5) is 38.6. The maximum Gasteiger partial charge on any atom is 0.410 e. The van der Waals surface area contributed by atoms with E-state index >= 15 is 0 Å². The van der Waals surface area contributed by atoms with Crippen molar-refractivity contribution in [3.8, 4) is 0 Å². The summed E-state index contributed by atoms with van der Waals surface area (Å²) in [6.45, 7) is 19.7. The van der Waals surface area contributed by atoms with Gasteiger partial charge in [0, 0.05) is 50.0 Å². The van der Waals surface area contributed by atoms with Gasteiger partial charge in [-0.1, -0.05) is 11.6 Å². The van der Waals surface area contributed by atoms with Gasteiger partial charge in [0.15, 0.2) is 0 Å². The van der Waals surface area contributed by atoms with Crippen LogP contribution in [-0.2, 0) is 9.47 Å². The van der Waals surface area contributed by atoms with Gasteiger partial charge in [0.2, 0.25) is 0 Å². The molecule has 1 saturated carbocycles. The molecule has 0 saturated heterocycles. The van der Waals surface area contributed by atoms with Gasteiger partial charge in [-0.3, -0.25) is 0 Å². The number of carbonyl (C=O) groups excluding carboxylic acids is 2. The summed E-state index contributed by atoms with van der Waals surface area (Å²) in [6, 6.07) is 0.337. The van der Waals surface area contributed by atoms with Gasteiger partial charge in [-0.2, -0.15) is 0 Å². The van der Waals surface area contributed by atoms with Crippen LogP contribution in [0.2, 0.25) is 0 Å². The van der Waals surface area contributed by atoms with Gasteiger partial charge < -0.3 is 23.8 Å². The Morgan fingerprint density at radius 3 is 2.29 bits per heavy atom. The highest BCUT2D eigenvalue weighted by Crippen LogP contribution is 2.37. The SMILES string of the molecule is C/C=C(\C)CCN(CCCN(C[C@@H]1CC[C@H](n2cc(C)c3cncnc32)C1)C(=O)OC(C)(C)C)C(=O)OC(C)(C)C. The van der Waals surface area contributed by atoms with Crippen molar-refractivity contribution in [3.63, 3.8) is 0 Å². The number of hydrogen-bond donors (Lipinski definition) is 0. The monoisotopic (exact) mass is 569 g/mol. The Balaban J connectivity index is 1.67. The van der Waals surface area contributed by atoms with Crippen LogP contribution in [0, 0.1) is 12.8 Å². The minimum absolute atomic E-state index is 0.301. The van der Waals surface area contributed by atoms with E-state index in [0.29, 0.717) is 44.6 Å². The van der Waals surface area contributed by atoms with Crippen LogP contribution in [0.3, 0.4) is 0 Å². The van der Waals surface area contributed by atoms with Gasteiger partial charge in [0.1, 0.15) is 23.2 Å². The lowest BCUT2D eigenvalue weighted by atomic mass is 10.1. The van der Waals surface area contributed by atoms with E-state index in [0.717, 1.165) is 36.7 Å². The van der Waals surface area contributed by atoms with Crippen molar-refractivity contribution in [3.05, 3.63) is 35.9 Å². The Bertz CT molecular complexity index is 1210. The Morgan fingerprint density at radius 2 is 1.66 bits per heavy atom. The molecule has 0 radical (unpaired) electrons. The molecule has 2 heterocycles. The largest absolute Gasteiger partial charge is 0.444 e. The average Bonchev–Trinajstić information content (AvgIpc) is 3.47. The molecule has 0 aromatic carbocycles. The lowest BCUT2D eigenvalue weighted by Crippen LogP contribution is -2.42. The van der Waals surface area contributed by atoms with Crippen LogP contribution in [0.5, 0.6) is 0 Å². The molecule has 228 valence electrons. The highest BCUT2D eigenvalue weighted by Gasteiger charge is 2.32. The third-order valence-corrected chi connectivity index (χ3v) is 7.51. The number of amides is 2. The van der Waals surface area contributed by atoms with Crippen molar-refractivity contribution in [1.82, 2.24) is 24.3 Å². The number of fused-ring (bicyclic) bond motifs is 1. The van der Waals surface area contributed by atoms with E-state index in [4.69, 9.17) is 9.47 Å². The van der Waals surface area contributed by atoms with E-state index in [9.17, 15) is 9.59 Å². The molecule has 1 aliphatic rings. The van der Waals surface area contributed by atoms with E-state index in [1.807, 2.05) is 59.6 Å². The molecule has 41 heavy (non-hydrogen) atoms. The fourth-order valence-electron chi connectivity index (χ4n) is 5.32. The standard InChI is InChI=1S/C32H51N5O4/c1-10-23(2)14-17-35(29(38)40-31(4,5)6)15-11-16-36(30(39)41-32(7,8)9)21-25-12-13-26(18-25)37-20-24(3)27-19-33-22-34-28(27)37/h10,19-20,22,25-26H,11-18,21H2,1-9H3/b23-10+/t25-,26+/m1/s1. The normalized spacial score (nSPS) is 18.0. The van der Waals surface area contributed by atoms with Crippen LogP contribution in [-0.4, -0.2) is 73.9 Å².